The highest BCUT2D eigenvalue weighted by molar-refractivity contribution is 5.79. The van der Waals surface area contributed by atoms with Crippen LogP contribution in [0.1, 0.15) is 18.2 Å². The zero-order valence-electron chi connectivity index (χ0n) is 16.8. The number of amides is 1. The van der Waals surface area contributed by atoms with E-state index in [4.69, 9.17) is 4.74 Å². The minimum atomic E-state index is -0.0741. The summed E-state index contributed by atoms with van der Waals surface area (Å²) in [4.78, 5) is 22.1. The van der Waals surface area contributed by atoms with Gasteiger partial charge in [0.15, 0.2) is 12.6 Å². The van der Waals surface area contributed by atoms with Gasteiger partial charge in [0, 0.05) is 45.5 Å². The summed E-state index contributed by atoms with van der Waals surface area (Å²) in [5.74, 6) is 1.35. The Morgan fingerprint density at radius 2 is 2.04 bits per heavy atom. The second-order valence-electron chi connectivity index (χ2n) is 6.42. The Labute approximate surface area is 166 Å². The molecule has 0 fully saturated rings. The molecule has 0 aliphatic carbocycles. The molecule has 150 valence electrons. The molecule has 0 spiro atoms. The first-order valence-electron chi connectivity index (χ1n) is 9.42. The summed E-state index contributed by atoms with van der Waals surface area (Å²) in [7, 11) is 3.42. The normalized spacial score (nSPS) is 11.0. The molecule has 0 saturated heterocycles. The monoisotopic (exact) mass is 383 g/mol. The van der Waals surface area contributed by atoms with Gasteiger partial charge in [-0.15, -0.1) is 0 Å². The molecule has 7 heteroatoms. The Morgan fingerprint density at radius 1 is 1.18 bits per heavy atom. The molecule has 0 aliphatic rings. The molecule has 1 aromatic carbocycles. The topological polar surface area (TPSA) is 78.9 Å². The number of likely N-dealkylation sites (N-methyl/N-ethyl adjacent to an activating group) is 1. The van der Waals surface area contributed by atoms with Crippen LogP contribution < -0.4 is 15.4 Å². The number of guanidine groups is 1. The van der Waals surface area contributed by atoms with E-state index in [2.05, 4.69) is 20.6 Å². The molecular formula is C21H29N5O2. The zero-order valence-corrected chi connectivity index (χ0v) is 16.8. The van der Waals surface area contributed by atoms with Crippen molar-refractivity contribution < 1.29 is 9.53 Å². The highest BCUT2D eigenvalue weighted by Gasteiger charge is 2.05. The van der Waals surface area contributed by atoms with E-state index in [1.807, 2.05) is 49.4 Å². The lowest BCUT2D eigenvalue weighted by Gasteiger charge is -2.12. The number of rotatable bonds is 9. The van der Waals surface area contributed by atoms with Crippen molar-refractivity contribution in [3.8, 4) is 5.75 Å². The molecule has 7 nitrogen and oxygen atoms in total. The number of nitrogens with one attached hydrogen (secondary N) is 2. The number of carbonyl (C=O) groups is 1. The second kappa shape index (κ2) is 11.6. The molecular weight excluding hydrogens is 354 g/mol. The van der Waals surface area contributed by atoms with Crippen LogP contribution in [-0.2, 0) is 17.8 Å². The molecule has 0 radical (unpaired) electrons. The molecule has 2 aromatic rings. The van der Waals surface area contributed by atoms with E-state index in [9.17, 15) is 4.79 Å². The van der Waals surface area contributed by atoms with Crippen molar-refractivity contribution in [3.63, 3.8) is 0 Å². The van der Waals surface area contributed by atoms with Gasteiger partial charge in [-0.1, -0.05) is 18.2 Å². The van der Waals surface area contributed by atoms with Crippen LogP contribution in [0.2, 0.25) is 0 Å². The minimum absolute atomic E-state index is 0.0252. The van der Waals surface area contributed by atoms with E-state index in [1.165, 1.54) is 4.90 Å². The van der Waals surface area contributed by atoms with E-state index in [0.29, 0.717) is 12.3 Å². The summed E-state index contributed by atoms with van der Waals surface area (Å²) in [5, 5.41) is 6.57. The summed E-state index contributed by atoms with van der Waals surface area (Å²) in [5.41, 5.74) is 2.06. The van der Waals surface area contributed by atoms with Gasteiger partial charge in [0.05, 0.1) is 6.54 Å². The summed E-state index contributed by atoms with van der Waals surface area (Å²) in [6.07, 6.45) is 2.63. The Bertz CT molecular complexity index is 762. The summed E-state index contributed by atoms with van der Waals surface area (Å²) < 4.78 is 5.56. The maximum absolute atomic E-state index is 11.6. The zero-order chi connectivity index (χ0) is 20.2. The maximum atomic E-state index is 11.6. The van der Waals surface area contributed by atoms with Crippen LogP contribution in [0.3, 0.4) is 0 Å². The van der Waals surface area contributed by atoms with Gasteiger partial charge in [-0.05, 0) is 36.8 Å². The fourth-order valence-corrected chi connectivity index (χ4v) is 2.37. The van der Waals surface area contributed by atoms with Crippen LogP contribution in [0, 0.1) is 0 Å². The van der Waals surface area contributed by atoms with Crippen molar-refractivity contribution in [2.75, 3.05) is 33.8 Å². The molecule has 28 heavy (non-hydrogen) atoms. The molecule has 0 bridgehead atoms. The van der Waals surface area contributed by atoms with E-state index in [0.717, 1.165) is 36.7 Å². The van der Waals surface area contributed by atoms with Crippen molar-refractivity contribution in [2.24, 2.45) is 4.99 Å². The molecule has 0 aliphatic heterocycles. The number of hydrogen-bond acceptors (Lipinski definition) is 4. The third-order valence-corrected chi connectivity index (χ3v) is 3.92. The minimum Gasteiger partial charge on any atom is -0.484 e. The van der Waals surface area contributed by atoms with Gasteiger partial charge in [-0.3, -0.25) is 9.78 Å². The quantitative estimate of drug-likeness (QED) is 0.510. The van der Waals surface area contributed by atoms with Gasteiger partial charge in [-0.25, -0.2) is 4.99 Å². The number of benzene rings is 1. The number of hydrogen-bond donors (Lipinski definition) is 2. The average molecular weight is 383 g/mol. The lowest BCUT2D eigenvalue weighted by Crippen LogP contribution is -2.38. The third-order valence-electron chi connectivity index (χ3n) is 3.92. The van der Waals surface area contributed by atoms with Crippen LogP contribution in [0.25, 0.3) is 0 Å². The molecule has 2 N–H and O–H groups in total. The van der Waals surface area contributed by atoms with Crippen molar-refractivity contribution in [1.29, 1.82) is 0 Å². The first-order chi connectivity index (χ1) is 13.6. The number of aliphatic imine (C=N–C) groups is 1. The summed E-state index contributed by atoms with van der Waals surface area (Å²) in [6, 6.07) is 13.6. The predicted octanol–water partition coefficient (Wildman–Crippen LogP) is 1.85. The van der Waals surface area contributed by atoms with Gasteiger partial charge >= 0.3 is 0 Å². The molecule has 0 atom stereocenters. The van der Waals surface area contributed by atoms with E-state index >= 15 is 0 Å². The maximum Gasteiger partial charge on any atom is 0.259 e. The highest BCUT2D eigenvalue weighted by atomic mass is 16.5. The molecule has 2 rings (SSSR count). The second-order valence-corrected chi connectivity index (χ2v) is 6.42. The standard InChI is InChI=1S/C21H29N5O2/c1-4-22-21(24-13-11-18-9-5-6-12-23-18)25-15-17-8-7-10-19(14-17)28-16-20(27)26(2)3/h5-10,12,14H,4,11,13,15-16H2,1-3H3,(H2,22,24,25). The first kappa shape index (κ1) is 21.2. The predicted molar refractivity (Wildman–Crippen MR) is 111 cm³/mol. The number of carbonyl (C=O) groups excluding carboxylic acids is 1. The number of pyridine rings is 1. The summed E-state index contributed by atoms with van der Waals surface area (Å²) >= 11 is 0. The van der Waals surface area contributed by atoms with Gasteiger partial charge in [0.1, 0.15) is 5.75 Å². The van der Waals surface area contributed by atoms with Crippen molar-refractivity contribution >= 4 is 11.9 Å². The van der Waals surface area contributed by atoms with Crippen molar-refractivity contribution in [3.05, 3.63) is 59.9 Å². The van der Waals surface area contributed by atoms with Gasteiger partial charge in [0.25, 0.3) is 5.91 Å². The molecule has 0 saturated carbocycles. The number of nitrogens with zero attached hydrogens (tertiary/aromatic N) is 3. The van der Waals surface area contributed by atoms with Crippen molar-refractivity contribution in [1.82, 2.24) is 20.5 Å². The Hall–Kier alpha value is -3.09. The molecule has 0 unspecified atom stereocenters. The van der Waals surface area contributed by atoms with Crippen LogP contribution >= 0.6 is 0 Å². The number of ether oxygens (including phenoxy) is 1. The lowest BCUT2D eigenvalue weighted by molar-refractivity contribution is -0.130. The first-order valence-corrected chi connectivity index (χ1v) is 9.42. The number of aromatic nitrogens is 1. The van der Waals surface area contributed by atoms with Crippen LogP contribution in [0.15, 0.2) is 53.7 Å². The average Bonchev–Trinajstić information content (AvgIpc) is 2.71. The largest absolute Gasteiger partial charge is 0.484 e. The fourth-order valence-electron chi connectivity index (χ4n) is 2.37. The van der Waals surface area contributed by atoms with Crippen molar-refractivity contribution in [2.45, 2.75) is 19.9 Å². The van der Waals surface area contributed by atoms with Gasteiger partial charge < -0.3 is 20.3 Å². The Balaban J connectivity index is 1.88. The van der Waals surface area contributed by atoms with Crippen LogP contribution in [0.4, 0.5) is 0 Å². The van der Waals surface area contributed by atoms with E-state index in [-0.39, 0.29) is 12.5 Å². The van der Waals surface area contributed by atoms with E-state index < -0.39 is 0 Å². The Morgan fingerprint density at radius 3 is 2.75 bits per heavy atom. The third kappa shape index (κ3) is 7.65. The van der Waals surface area contributed by atoms with E-state index in [1.54, 1.807) is 20.3 Å². The molecule has 1 aromatic heterocycles. The van der Waals surface area contributed by atoms with Gasteiger partial charge in [-0.2, -0.15) is 0 Å². The summed E-state index contributed by atoms with van der Waals surface area (Å²) in [6.45, 7) is 4.10. The highest BCUT2D eigenvalue weighted by Crippen LogP contribution is 2.14. The smallest absolute Gasteiger partial charge is 0.259 e. The lowest BCUT2D eigenvalue weighted by atomic mass is 10.2. The molecule has 1 amide bonds. The Kier molecular flexibility index (Phi) is 8.78. The fraction of sp³-hybridized carbons (Fsp3) is 0.381. The van der Waals surface area contributed by atoms with Crippen LogP contribution in [0.5, 0.6) is 5.75 Å². The molecule has 1 heterocycles. The van der Waals surface area contributed by atoms with Crippen LogP contribution in [-0.4, -0.2) is 55.5 Å². The SMILES string of the molecule is CCNC(=NCc1cccc(OCC(=O)N(C)C)c1)NCCc1ccccn1. The van der Waals surface area contributed by atoms with Gasteiger partial charge in [0.2, 0.25) is 0 Å².